The maximum Gasteiger partial charge on any atom is 0.278 e. The Balaban J connectivity index is 2.28. The Bertz CT molecular complexity index is 487. The first-order valence-electron chi connectivity index (χ1n) is 4.07. The molecule has 0 bridgehead atoms. The Morgan fingerprint density at radius 2 is 2.07 bits per heavy atom. The largest absolute Gasteiger partial charge is 0.416 e. The highest BCUT2D eigenvalue weighted by molar-refractivity contribution is 14.1. The quantitative estimate of drug-likeness (QED) is 0.798. The van der Waals surface area contributed by atoms with Crippen LogP contribution in [0.2, 0.25) is 0 Å². The molecule has 1 aromatic heterocycles. The standard InChI is InChI=1S/C9H5F2IN2O/c10-6-3-1-2-5(8(6)11)4-7-13-14-9(12)15-7/h1-3H,4H2. The summed E-state index contributed by atoms with van der Waals surface area (Å²) in [6, 6.07) is 3.99. The molecule has 0 N–H and O–H groups in total. The van der Waals surface area contributed by atoms with Gasteiger partial charge in [0.05, 0.1) is 6.42 Å². The molecular weight excluding hydrogens is 317 g/mol. The van der Waals surface area contributed by atoms with Crippen molar-refractivity contribution in [2.24, 2.45) is 0 Å². The van der Waals surface area contributed by atoms with E-state index in [9.17, 15) is 8.78 Å². The Morgan fingerprint density at radius 3 is 2.73 bits per heavy atom. The van der Waals surface area contributed by atoms with Crippen LogP contribution in [0.25, 0.3) is 0 Å². The molecule has 15 heavy (non-hydrogen) atoms. The molecule has 0 radical (unpaired) electrons. The molecule has 2 aromatic rings. The van der Waals surface area contributed by atoms with Gasteiger partial charge in [-0.15, -0.1) is 10.2 Å². The van der Waals surface area contributed by atoms with Gasteiger partial charge < -0.3 is 4.42 Å². The van der Waals surface area contributed by atoms with E-state index in [1.54, 1.807) is 0 Å². The van der Waals surface area contributed by atoms with E-state index in [0.717, 1.165) is 6.07 Å². The fourth-order valence-electron chi connectivity index (χ4n) is 1.15. The van der Waals surface area contributed by atoms with Crippen LogP contribution in [0.4, 0.5) is 8.78 Å². The van der Waals surface area contributed by atoms with Crippen molar-refractivity contribution in [1.82, 2.24) is 10.2 Å². The van der Waals surface area contributed by atoms with Gasteiger partial charge in [0.15, 0.2) is 11.6 Å². The molecule has 0 spiro atoms. The summed E-state index contributed by atoms with van der Waals surface area (Å²) in [6.07, 6.45) is 0.0968. The van der Waals surface area contributed by atoms with Crippen LogP contribution in [-0.4, -0.2) is 10.2 Å². The molecule has 1 aromatic carbocycles. The maximum atomic E-state index is 13.2. The summed E-state index contributed by atoms with van der Waals surface area (Å²) >= 11 is 1.85. The van der Waals surface area contributed by atoms with Gasteiger partial charge in [0.25, 0.3) is 3.90 Å². The molecule has 3 nitrogen and oxygen atoms in total. The van der Waals surface area contributed by atoms with Crippen molar-refractivity contribution >= 4 is 22.6 Å². The molecule has 0 aliphatic rings. The van der Waals surface area contributed by atoms with Crippen molar-refractivity contribution in [1.29, 1.82) is 0 Å². The van der Waals surface area contributed by atoms with E-state index >= 15 is 0 Å². The molecule has 0 fully saturated rings. The molecule has 6 heteroatoms. The van der Waals surface area contributed by atoms with E-state index in [0.29, 0.717) is 3.90 Å². The Hall–Kier alpha value is -1.05. The van der Waals surface area contributed by atoms with Gasteiger partial charge in [0.1, 0.15) is 0 Å². The van der Waals surface area contributed by atoms with E-state index in [-0.39, 0.29) is 17.9 Å². The minimum Gasteiger partial charge on any atom is -0.416 e. The zero-order valence-corrected chi connectivity index (χ0v) is 9.53. The fraction of sp³-hybridized carbons (Fsp3) is 0.111. The van der Waals surface area contributed by atoms with Crippen LogP contribution < -0.4 is 0 Å². The summed E-state index contributed by atoms with van der Waals surface area (Å²) in [5, 5.41) is 7.29. The predicted molar refractivity (Wildman–Crippen MR) is 56.2 cm³/mol. The minimum atomic E-state index is -0.873. The van der Waals surface area contributed by atoms with Crippen LogP contribution in [0.3, 0.4) is 0 Å². The van der Waals surface area contributed by atoms with Gasteiger partial charge in [-0.05, 0) is 6.07 Å². The first-order valence-corrected chi connectivity index (χ1v) is 5.15. The first kappa shape index (κ1) is 10.5. The van der Waals surface area contributed by atoms with Crippen LogP contribution in [0.5, 0.6) is 0 Å². The molecule has 1 heterocycles. The molecule has 0 aliphatic heterocycles. The number of aromatic nitrogens is 2. The van der Waals surface area contributed by atoms with Gasteiger partial charge in [-0.25, -0.2) is 8.78 Å². The summed E-state index contributed by atoms with van der Waals surface area (Å²) in [5.74, 6) is -1.48. The zero-order chi connectivity index (χ0) is 10.8. The third-order valence-electron chi connectivity index (χ3n) is 1.82. The van der Waals surface area contributed by atoms with Crippen molar-refractivity contribution in [3.8, 4) is 0 Å². The van der Waals surface area contributed by atoms with Gasteiger partial charge in [-0.2, -0.15) is 0 Å². The monoisotopic (exact) mass is 322 g/mol. The lowest BCUT2D eigenvalue weighted by Gasteiger charge is -1.99. The summed E-state index contributed by atoms with van der Waals surface area (Å²) < 4.78 is 31.5. The van der Waals surface area contributed by atoms with Crippen LogP contribution in [0.15, 0.2) is 22.6 Å². The molecule has 78 valence electrons. The fourth-order valence-corrected chi connectivity index (χ4v) is 1.51. The molecule has 0 atom stereocenters. The lowest BCUT2D eigenvalue weighted by Crippen LogP contribution is -1.95. The minimum absolute atomic E-state index is 0.0968. The van der Waals surface area contributed by atoms with Gasteiger partial charge in [0, 0.05) is 28.2 Å². The summed E-state index contributed by atoms with van der Waals surface area (Å²) in [7, 11) is 0. The maximum absolute atomic E-state index is 13.2. The Kier molecular flexibility index (Phi) is 2.94. The predicted octanol–water partition coefficient (Wildman–Crippen LogP) is 2.54. The topological polar surface area (TPSA) is 38.9 Å². The first-order chi connectivity index (χ1) is 7.16. The summed E-state index contributed by atoms with van der Waals surface area (Å²) in [5.41, 5.74) is 0.204. The van der Waals surface area contributed by atoms with Crippen LogP contribution in [0, 0.1) is 15.5 Å². The number of nitrogens with zero attached hydrogens (tertiary/aromatic N) is 2. The Labute approximate surface area is 97.6 Å². The third kappa shape index (κ3) is 2.31. The summed E-state index contributed by atoms with van der Waals surface area (Å²) in [6.45, 7) is 0. The lowest BCUT2D eigenvalue weighted by atomic mass is 10.1. The third-order valence-corrected chi connectivity index (χ3v) is 2.25. The molecule has 0 saturated carbocycles. The molecule has 0 saturated heterocycles. The van der Waals surface area contributed by atoms with Crippen LogP contribution in [-0.2, 0) is 6.42 Å². The van der Waals surface area contributed by atoms with E-state index in [1.807, 2.05) is 22.6 Å². The van der Waals surface area contributed by atoms with Crippen molar-refractivity contribution in [2.75, 3.05) is 0 Å². The van der Waals surface area contributed by atoms with Crippen molar-refractivity contribution in [3.05, 3.63) is 45.2 Å². The Morgan fingerprint density at radius 1 is 1.27 bits per heavy atom. The van der Waals surface area contributed by atoms with E-state index < -0.39 is 11.6 Å². The van der Waals surface area contributed by atoms with E-state index in [4.69, 9.17) is 4.42 Å². The molecule has 0 unspecified atom stereocenters. The molecule has 0 amide bonds. The number of halogens is 3. The molecule has 0 aliphatic carbocycles. The highest BCUT2D eigenvalue weighted by Crippen LogP contribution is 2.15. The molecular formula is C9H5F2IN2O. The normalized spacial score (nSPS) is 10.6. The highest BCUT2D eigenvalue weighted by Gasteiger charge is 2.11. The SMILES string of the molecule is Fc1cccc(Cc2nnc(I)o2)c1F. The van der Waals surface area contributed by atoms with Gasteiger partial charge >= 0.3 is 0 Å². The van der Waals surface area contributed by atoms with Crippen LogP contribution >= 0.6 is 22.6 Å². The number of hydrogen-bond acceptors (Lipinski definition) is 3. The van der Waals surface area contributed by atoms with Gasteiger partial charge in [-0.3, -0.25) is 0 Å². The smallest absolute Gasteiger partial charge is 0.278 e. The average molecular weight is 322 g/mol. The number of rotatable bonds is 2. The van der Waals surface area contributed by atoms with E-state index in [2.05, 4.69) is 10.2 Å². The van der Waals surface area contributed by atoms with Crippen molar-refractivity contribution in [3.63, 3.8) is 0 Å². The average Bonchev–Trinajstić information content (AvgIpc) is 2.59. The second kappa shape index (κ2) is 4.21. The van der Waals surface area contributed by atoms with E-state index in [1.165, 1.54) is 12.1 Å². The number of benzene rings is 1. The van der Waals surface area contributed by atoms with Gasteiger partial charge in [-0.1, -0.05) is 12.1 Å². The van der Waals surface area contributed by atoms with Gasteiger partial charge in [0.2, 0.25) is 5.89 Å². The van der Waals surface area contributed by atoms with Crippen LogP contribution in [0.1, 0.15) is 11.5 Å². The molecule has 2 rings (SSSR count). The second-order valence-corrected chi connectivity index (χ2v) is 3.76. The number of hydrogen-bond donors (Lipinski definition) is 0. The summed E-state index contributed by atoms with van der Waals surface area (Å²) in [4.78, 5) is 0. The van der Waals surface area contributed by atoms with Crippen molar-refractivity contribution < 1.29 is 13.2 Å². The lowest BCUT2D eigenvalue weighted by molar-refractivity contribution is 0.466. The van der Waals surface area contributed by atoms with Crippen molar-refractivity contribution in [2.45, 2.75) is 6.42 Å². The highest BCUT2D eigenvalue weighted by atomic mass is 127. The second-order valence-electron chi connectivity index (χ2n) is 2.84. The zero-order valence-electron chi connectivity index (χ0n) is 7.38.